The molecule has 2 nitrogen and oxygen atoms in total. The van der Waals surface area contributed by atoms with Crippen molar-refractivity contribution in [1.29, 1.82) is 0 Å². The lowest BCUT2D eigenvalue weighted by molar-refractivity contribution is 0.159. The highest BCUT2D eigenvalue weighted by atomic mass is 15.1. The fraction of sp³-hybridized carbons (Fsp3) is 1.00. The van der Waals surface area contributed by atoms with Crippen LogP contribution in [-0.2, 0) is 0 Å². The molecule has 0 aromatic heterocycles. The molecule has 2 aliphatic heterocycles. The summed E-state index contributed by atoms with van der Waals surface area (Å²) in [7, 11) is 0. The molecule has 0 spiro atoms. The van der Waals surface area contributed by atoms with E-state index in [4.69, 9.17) is 0 Å². The van der Waals surface area contributed by atoms with E-state index in [1.807, 2.05) is 0 Å². The first-order valence-corrected chi connectivity index (χ1v) is 6.79. The van der Waals surface area contributed by atoms with Gasteiger partial charge in [-0.3, -0.25) is 0 Å². The molecule has 2 atom stereocenters. The minimum Gasteiger partial charge on any atom is -0.316 e. The molecule has 0 saturated carbocycles. The highest BCUT2D eigenvalue weighted by molar-refractivity contribution is 4.77. The van der Waals surface area contributed by atoms with Gasteiger partial charge in [0.05, 0.1) is 0 Å². The molecule has 0 aromatic rings. The summed E-state index contributed by atoms with van der Waals surface area (Å²) in [6, 6.07) is 0. The van der Waals surface area contributed by atoms with Gasteiger partial charge in [-0.05, 0) is 63.7 Å². The van der Waals surface area contributed by atoms with Crippen molar-refractivity contribution in [3.05, 3.63) is 0 Å². The molecule has 2 fully saturated rings. The number of nitrogens with one attached hydrogen (secondary N) is 1. The van der Waals surface area contributed by atoms with Crippen LogP contribution in [0.2, 0.25) is 0 Å². The van der Waals surface area contributed by atoms with Crippen LogP contribution in [0.1, 0.15) is 39.0 Å². The molecule has 2 heterocycles. The van der Waals surface area contributed by atoms with Gasteiger partial charge >= 0.3 is 0 Å². The van der Waals surface area contributed by atoms with Crippen LogP contribution in [0.15, 0.2) is 0 Å². The average molecular weight is 210 g/mol. The Morgan fingerprint density at radius 1 is 1.20 bits per heavy atom. The van der Waals surface area contributed by atoms with Crippen LogP contribution in [0.4, 0.5) is 0 Å². The van der Waals surface area contributed by atoms with Crippen LogP contribution in [0.5, 0.6) is 0 Å². The van der Waals surface area contributed by atoms with Gasteiger partial charge in [0.1, 0.15) is 0 Å². The summed E-state index contributed by atoms with van der Waals surface area (Å²) in [4.78, 5) is 2.68. The largest absolute Gasteiger partial charge is 0.316 e. The second-order valence-electron chi connectivity index (χ2n) is 5.44. The molecule has 15 heavy (non-hydrogen) atoms. The van der Waals surface area contributed by atoms with E-state index in [-0.39, 0.29) is 0 Å². The van der Waals surface area contributed by atoms with Crippen LogP contribution < -0.4 is 5.32 Å². The third-order valence-electron chi connectivity index (χ3n) is 4.13. The smallest absolute Gasteiger partial charge is 0.00101 e. The molecule has 0 bridgehead atoms. The van der Waals surface area contributed by atoms with Crippen molar-refractivity contribution in [1.82, 2.24) is 10.2 Å². The van der Waals surface area contributed by atoms with Crippen LogP contribution >= 0.6 is 0 Å². The first kappa shape index (κ1) is 11.4. The molecule has 0 aliphatic carbocycles. The number of likely N-dealkylation sites (tertiary alicyclic amines) is 1. The third-order valence-corrected chi connectivity index (χ3v) is 4.13. The lowest BCUT2D eigenvalue weighted by Gasteiger charge is -2.34. The molecule has 0 amide bonds. The van der Waals surface area contributed by atoms with E-state index in [0.29, 0.717) is 0 Å². The Hall–Kier alpha value is -0.0800. The first-order chi connectivity index (χ1) is 7.36. The molecule has 0 aromatic carbocycles. The summed E-state index contributed by atoms with van der Waals surface area (Å²) in [5, 5.41) is 3.53. The van der Waals surface area contributed by atoms with Gasteiger partial charge in [-0.1, -0.05) is 13.3 Å². The van der Waals surface area contributed by atoms with Crippen LogP contribution in [0.25, 0.3) is 0 Å². The second-order valence-corrected chi connectivity index (χ2v) is 5.44. The van der Waals surface area contributed by atoms with Crippen molar-refractivity contribution in [2.75, 3.05) is 32.7 Å². The fourth-order valence-electron chi connectivity index (χ4n) is 3.06. The van der Waals surface area contributed by atoms with Gasteiger partial charge < -0.3 is 10.2 Å². The quantitative estimate of drug-likeness (QED) is 0.767. The highest BCUT2D eigenvalue weighted by Gasteiger charge is 2.22. The number of nitrogens with zero attached hydrogens (tertiary/aromatic N) is 1. The van der Waals surface area contributed by atoms with E-state index in [1.165, 1.54) is 64.8 Å². The molecular weight excluding hydrogens is 184 g/mol. The normalized spacial score (nSPS) is 31.4. The molecule has 2 rings (SSSR count). The SMILES string of the molecule is CC(CN1CCCCC1)C1CCCNC1. The molecule has 2 heteroatoms. The Balaban J connectivity index is 1.72. The summed E-state index contributed by atoms with van der Waals surface area (Å²) in [6.45, 7) is 9.00. The molecule has 0 radical (unpaired) electrons. The summed E-state index contributed by atoms with van der Waals surface area (Å²) >= 11 is 0. The lowest BCUT2D eigenvalue weighted by atomic mass is 9.87. The Bertz CT molecular complexity index is 169. The van der Waals surface area contributed by atoms with Gasteiger partial charge in [0.25, 0.3) is 0 Å². The fourth-order valence-corrected chi connectivity index (χ4v) is 3.06. The molecule has 2 saturated heterocycles. The lowest BCUT2D eigenvalue weighted by Crippen LogP contribution is -2.40. The van der Waals surface area contributed by atoms with Crippen LogP contribution in [-0.4, -0.2) is 37.6 Å². The number of rotatable bonds is 3. The summed E-state index contributed by atoms with van der Waals surface area (Å²) in [5.74, 6) is 1.82. The van der Waals surface area contributed by atoms with E-state index in [0.717, 1.165) is 11.8 Å². The van der Waals surface area contributed by atoms with Gasteiger partial charge in [0.2, 0.25) is 0 Å². The molecular formula is C13H26N2. The van der Waals surface area contributed by atoms with Crippen LogP contribution in [0, 0.1) is 11.8 Å². The second kappa shape index (κ2) is 5.86. The van der Waals surface area contributed by atoms with E-state index in [1.54, 1.807) is 0 Å². The van der Waals surface area contributed by atoms with E-state index < -0.39 is 0 Å². The van der Waals surface area contributed by atoms with Gasteiger partial charge in [-0.25, -0.2) is 0 Å². The molecule has 2 aliphatic rings. The van der Waals surface area contributed by atoms with Gasteiger partial charge in [-0.15, -0.1) is 0 Å². The third kappa shape index (κ3) is 3.46. The topological polar surface area (TPSA) is 15.3 Å². The van der Waals surface area contributed by atoms with Crippen molar-refractivity contribution < 1.29 is 0 Å². The van der Waals surface area contributed by atoms with Crippen molar-refractivity contribution in [3.8, 4) is 0 Å². The Kier molecular flexibility index (Phi) is 4.45. The van der Waals surface area contributed by atoms with Gasteiger partial charge in [0, 0.05) is 6.54 Å². The molecule has 1 N–H and O–H groups in total. The number of piperidine rings is 2. The standard InChI is InChI=1S/C13H26N2/c1-12(13-6-5-7-14-10-13)11-15-8-3-2-4-9-15/h12-14H,2-11H2,1H3. The minimum absolute atomic E-state index is 0.885. The highest BCUT2D eigenvalue weighted by Crippen LogP contribution is 2.22. The Morgan fingerprint density at radius 3 is 2.67 bits per heavy atom. The zero-order valence-corrected chi connectivity index (χ0v) is 10.2. The molecule has 2 unspecified atom stereocenters. The maximum Gasteiger partial charge on any atom is 0.00101 e. The zero-order chi connectivity index (χ0) is 10.5. The predicted molar refractivity (Wildman–Crippen MR) is 65.0 cm³/mol. The van der Waals surface area contributed by atoms with Crippen molar-refractivity contribution in [2.24, 2.45) is 11.8 Å². The monoisotopic (exact) mass is 210 g/mol. The van der Waals surface area contributed by atoms with E-state index >= 15 is 0 Å². The summed E-state index contributed by atoms with van der Waals surface area (Å²) in [6.07, 6.45) is 7.14. The maximum absolute atomic E-state index is 3.53. The van der Waals surface area contributed by atoms with Crippen LogP contribution in [0.3, 0.4) is 0 Å². The zero-order valence-electron chi connectivity index (χ0n) is 10.2. The summed E-state index contributed by atoms with van der Waals surface area (Å²) < 4.78 is 0. The van der Waals surface area contributed by atoms with Gasteiger partial charge in [-0.2, -0.15) is 0 Å². The van der Waals surface area contributed by atoms with E-state index in [2.05, 4.69) is 17.1 Å². The average Bonchev–Trinajstić information content (AvgIpc) is 2.31. The Labute approximate surface area is 94.4 Å². The van der Waals surface area contributed by atoms with E-state index in [9.17, 15) is 0 Å². The van der Waals surface area contributed by atoms with Crippen molar-refractivity contribution in [3.63, 3.8) is 0 Å². The first-order valence-electron chi connectivity index (χ1n) is 6.79. The van der Waals surface area contributed by atoms with Crippen molar-refractivity contribution >= 4 is 0 Å². The van der Waals surface area contributed by atoms with Crippen molar-refractivity contribution in [2.45, 2.75) is 39.0 Å². The van der Waals surface area contributed by atoms with Gasteiger partial charge in [0.15, 0.2) is 0 Å². The molecule has 88 valence electrons. The summed E-state index contributed by atoms with van der Waals surface area (Å²) in [5.41, 5.74) is 0. The number of hydrogen-bond donors (Lipinski definition) is 1. The predicted octanol–water partition coefficient (Wildman–Crippen LogP) is 2.11. The maximum atomic E-state index is 3.53. The minimum atomic E-state index is 0.885. The number of hydrogen-bond acceptors (Lipinski definition) is 2. The Morgan fingerprint density at radius 2 is 2.00 bits per heavy atom.